The minimum absolute atomic E-state index is 0.214. The maximum Gasteiger partial charge on any atom is 0.242 e. The molecule has 150 valence electrons. The number of sulfonamides is 1. The Hall–Kier alpha value is -2.62. The van der Waals surface area contributed by atoms with Gasteiger partial charge >= 0.3 is 0 Å². The van der Waals surface area contributed by atoms with E-state index in [0.717, 1.165) is 11.3 Å². The normalized spacial score (nSPS) is 13.8. The molecular formula is C20H21N5O2S2. The monoisotopic (exact) mass is 427 g/mol. The van der Waals surface area contributed by atoms with E-state index in [9.17, 15) is 8.42 Å². The second kappa shape index (κ2) is 7.33. The molecule has 0 aliphatic carbocycles. The number of hydrogen-bond acceptors (Lipinski definition) is 6. The van der Waals surface area contributed by atoms with Crippen LogP contribution in [0, 0.1) is 13.8 Å². The van der Waals surface area contributed by atoms with Crippen LogP contribution in [-0.2, 0) is 10.0 Å². The van der Waals surface area contributed by atoms with Gasteiger partial charge in [-0.1, -0.05) is 36.0 Å². The van der Waals surface area contributed by atoms with E-state index >= 15 is 0 Å². The van der Waals surface area contributed by atoms with Crippen molar-refractivity contribution in [2.45, 2.75) is 23.9 Å². The molecule has 0 unspecified atom stereocenters. The van der Waals surface area contributed by atoms with Crippen LogP contribution in [0.5, 0.6) is 0 Å². The highest BCUT2D eigenvalue weighted by molar-refractivity contribution is 8.02. The standard InChI is InChI=1S/C20H21N5O2S2/c1-13-8-9-15(10-14(13)2)18-12-28-20-22-21-19(25(20)23-18)16-6-5-7-17(11-16)29(26,27)24(3)4/h5-12,23H,1-4H3. The number of aromatic nitrogens is 3. The number of rotatable bonds is 4. The van der Waals surface area contributed by atoms with Gasteiger partial charge in [-0.2, -0.15) is 0 Å². The number of thioether (sulfide) groups is 1. The molecule has 1 aliphatic rings. The first-order chi connectivity index (χ1) is 13.8. The number of hydrogen-bond donors (Lipinski definition) is 1. The van der Waals surface area contributed by atoms with Crippen molar-refractivity contribution >= 4 is 27.5 Å². The Labute approximate surface area is 174 Å². The van der Waals surface area contributed by atoms with E-state index in [-0.39, 0.29) is 4.90 Å². The highest BCUT2D eigenvalue weighted by atomic mass is 32.2. The van der Waals surface area contributed by atoms with Crippen molar-refractivity contribution in [2.24, 2.45) is 0 Å². The van der Waals surface area contributed by atoms with Crippen LogP contribution in [0.1, 0.15) is 16.7 Å². The SMILES string of the molecule is Cc1ccc(C2=CSc3nnc(-c4cccc(S(=O)(=O)N(C)C)c4)n3N2)cc1C. The summed E-state index contributed by atoms with van der Waals surface area (Å²) in [6, 6.07) is 13.0. The lowest BCUT2D eigenvalue weighted by Gasteiger charge is -2.20. The molecule has 7 nitrogen and oxygen atoms in total. The molecule has 0 saturated carbocycles. The first kappa shape index (κ1) is 19.7. The Morgan fingerprint density at radius 3 is 2.52 bits per heavy atom. The number of benzene rings is 2. The van der Waals surface area contributed by atoms with Crippen LogP contribution in [0.3, 0.4) is 0 Å². The topological polar surface area (TPSA) is 80.1 Å². The van der Waals surface area contributed by atoms with E-state index in [4.69, 9.17) is 0 Å². The van der Waals surface area contributed by atoms with Gasteiger partial charge in [0.05, 0.1) is 10.6 Å². The lowest BCUT2D eigenvalue weighted by Crippen LogP contribution is -2.22. The van der Waals surface area contributed by atoms with E-state index in [1.165, 1.54) is 41.3 Å². The van der Waals surface area contributed by atoms with Crippen molar-refractivity contribution in [3.8, 4) is 11.4 Å². The van der Waals surface area contributed by atoms with E-state index in [1.807, 2.05) is 11.5 Å². The number of aryl methyl sites for hydroxylation is 2. The molecule has 29 heavy (non-hydrogen) atoms. The highest BCUT2D eigenvalue weighted by Gasteiger charge is 2.22. The second-order valence-electron chi connectivity index (χ2n) is 7.02. The largest absolute Gasteiger partial charge is 0.289 e. The molecule has 9 heteroatoms. The zero-order valence-corrected chi connectivity index (χ0v) is 18.2. The van der Waals surface area contributed by atoms with Gasteiger partial charge in [0.25, 0.3) is 0 Å². The van der Waals surface area contributed by atoms with Gasteiger partial charge in [-0.3, -0.25) is 5.43 Å². The van der Waals surface area contributed by atoms with Crippen LogP contribution in [0.4, 0.5) is 0 Å². The summed E-state index contributed by atoms with van der Waals surface area (Å²) in [5, 5.41) is 11.2. The van der Waals surface area contributed by atoms with Crippen LogP contribution in [0.15, 0.2) is 57.9 Å². The molecule has 4 rings (SSSR count). The van der Waals surface area contributed by atoms with Crippen molar-refractivity contribution in [3.63, 3.8) is 0 Å². The predicted molar refractivity (Wildman–Crippen MR) is 115 cm³/mol. The predicted octanol–water partition coefficient (Wildman–Crippen LogP) is 3.46. The summed E-state index contributed by atoms with van der Waals surface area (Å²) in [6.45, 7) is 4.17. The molecule has 1 aromatic heterocycles. The van der Waals surface area contributed by atoms with E-state index in [2.05, 4.69) is 47.7 Å². The van der Waals surface area contributed by atoms with Gasteiger partial charge in [0, 0.05) is 30.6 Å². The molecule has 0 radical (unpaired) electrons. The second-order valence-corrected chi connectivity index (χ2v) is 10.0. The van der Waals surface area contributed by atoms with Gasteiger partial charge in [0.15, 0.2) is 5.82 Å². The summed E-state index contributed by atoms with van der Waals surface area (Å²) in [7, 11) is -0.508. The molecular weight excluding hydrogens is 406 g/mol. The summed E-state index contributed by atoms with van der Waals surface area (Å²) in [4.78, 5) is 0.214. The summed E-state index contributed by atoms with van der Waals surface area (Å²) < 4.78 is 28.0. The quantitative estimate of drug-likeness (QED) is 0.687. The summed E-state index contributed by atoms with van der Waals surface area (Å²) in [6.07, 6.45) is 0. The van der Waals surface area contributed by atoms with Crippen molar-refractivity contribution < 1.29 is 8.42 Å². The third kappa shape index (κ3) is 3.57. The average molecular weight is 428 g/mol. The van der Waals surface area contributed by atoms with Gasteiger partial charge < -0.3 is 0 Å². The van der Waals surface area contributed by atoms with Gasteiger partial charge in [0.1, 0.15) is 0 Å². The van der Waals surface area contributed by atoms with Crippen LogP contribution < -0.4 is 5.43 Å². The summed E-state index contributed by atoms with van der Waals surface area (Å²) in [5.74, 6) is 0.553. The van der Waals surface area contributed by atoms with Gasteiger partial charge in [0.2, 0.25) is 15.2 Å². The third-order valence-electron chi connectivity index (χ3n) is 4.84. The first-order valence-electron chi connectivity index (χ1n) is 8.97. The minimum atomic E-state index is -3.54. The Kier molecular flexibility index (Phi) is 4.97. The average Bonchev–Trinajstić information content (AvgIpc) is 3.13. The molecule has 0 amide bonds. The Balaban J connectivity index is 1.71. The molecule has 0 saturated heterocycles. The Morgan fingerprint density at radius 1 is 1.00 bits per heavy atom. The van der Waals surface area contributed by atoms with E-state index in [0.29, 0.717) is 16.5 Å². The van der Waals surface area contributed by atoms with Crippen LogP contribution in [0.25, 0.3) is 17.1 Å². The number of fused-ring (bicyclic) bond motifs is 1. The van der Waals surface area contributed by atoms with E-state index in [1.54, 1.807) is 22.9 Å². The molecule has 0 atom stereocenters. The van der Waals surface area contributed by atoms with Gasteiger partial charge in [-0.05, 0) is 43.2 Å². The zero-order chi connectivity index (χ0) is 20.8. The smallest absolute Gasteiger partial charge is 0.242 e. The molecule has 0 spiro atoms. The van der Waals surface area contributed by atoms with Gasteiger partial charge in [-0.25, -0.2) is 17.4 Å². The van der Waals surface area contributed by atoms with Crippen LogP contribution in [-0.4, -0.2) is 41.7 Å². The maximum atomic E-state index is 12.5. The molecule has 3 aromatic rings. The van der Waals surface area contributed by atoms with Crippen LogP contribution >= 0.6 is 11.8 Å². The van der Waals surface area contributed by atoms with Crippen molar-refractivity contribution in [1.29, 1.82) is 0 Å². The van der Waals surface area contributed by atoms with Gasteiger partial charge in [-0.15, -0.1) is 10.2 Å². The van der Waals surface area contributed by atoms with E-state index < -0.39 is 10.0 Å². The lowest BCUT2D eigenvalue weighted by atomic mass is 10.1. The lowest BCUT2D eigenvalue weighted by molar-refractivity contribution is 0.521. The Bertz CT molecular complexity index is 1230. The number of nitrogens with one attached hydrogen (secondary N) is 1. The fraction of sp³-hybridized carbons (Fsp3) is 0.200. The third-order valence-corrected chi connectivity index (χ3v) is 7.48. The first-order valence-corrected chi connectivity index (χ1v) is 11.3. The highest BCUT2D eigenvalue weighted by Crippen LogP contribution is 2.32. The molecule has 2 heterocycles. The maximum absolute atomic E-state index is 12.5. The summed E-state index contributed by atoms with van der Waals surface area (Å²) >= 11 is 1.47. The Morgan fingerprint density at radius 2 is 1.79 bits per heavy atom. The van der Waals surface area contributed by atoms with Crippen molar-refractivity contribution in [3.05, 3.63) is 64.6 Å². The van der Waals surface area contributed by atoms with Crippen LogP contribution in [0.2, 0.25) is 0 Å². The molecule has 1 aliphatic heterocycles. The number of nitrogens with zero attached hydrogens (tertiary/aromatic N) is 4. The fourth-order valence-corrected chi connectivity index (χ4v) is 4.63. The van der Waals surface area contributed by atoms with Crippen molar-refractivity contribution in [1.82, 2.24) is 19.2 Å². The fourth-order valence-electron chi connectivity index (χ4n) is 2.94. The summed E-state index contributed by atoms with van der Waals surface area (Å²) in [5.41, 5.74) is 8.48. The zero-order valence-electron chi connectivity index (χ0n) is 16.5. The van der Waals surface area contributed by atoms with Crippen molar-refractivity contribution in [2.75, 3.05) is 19.5 Å². The molecule has 0 fully saturated rings. The molecule has 2 aromatic carbocycles. The molecule has 0 bridgehead atoms. The minimum Gasteiger partial charge on any atom is -0.289 e. The molecule has 1 N–H and O–H groups in total.